The molecule has 3 N–H and O–H groups in total. The van der Waals surface area contributed by atoms with Crippen LogP contribution in [0.25, 0.3) is 11.3 Å². The van der Waals surface area contributed by atoms with E-state index in [9.17, 15) is 4.39 Å². The van der Waals surface area contributed by atoms with Gasteiger partial charge >= 0.3 is 0 Å². The van der Waals surface area contributed by atoms with E-state index in [0.717, 1.165) is 0 Å². The Hall–Kier alpha value is -1.84. The van der Waals surface area contributed by atoms with E-state index < -0.39 is 0 Å². The highest BCUT2D eigenvalue weighted by Gasteiger charge is 2.05. The maximum Gasteiger partial charge on any atom is 0.134 e. The van der Waals surface area contributed by atoms with Crippen LogP contribution in [0, 0.1) is 5.82 Å². The lowest BCUT2D eigenvalue weighted by molar-refractivity contribution is 0.631. The average molecular weight is 177 g/mol. The molecule has 4 heteroatoms. The first kappa shape index (κ1) is 7.79. The van der Waals surface area contributed by atoms with Crippen molar-refractivity contribution in [3.63, 3.8) is 0 Å². The lowest BCUT2D eigenvalue weighted by Crippen LogP contribution is -1.89. The molecule has 0 radical (unpaired) electrons. The Labute approximate surface area is 74.4 Å². The van der Waals surface area contributed by atoms with Crippen LogP contribution in [-0.2, 0) is 0 Å². The topological polar surface area (TPSA) is 54.7 Å². The highest BCUT2D eigenvalue weighted by molar-refractivity contribution is 5.62. The molecule has 1 aromatic heterocycles. The van der Waals surface area contributed by atoms with Crippen molar-refractivity contribution >= 4 is 5.69 Å². The van der Waals surface area contributed by atoms with Gasteiger partial charge in [0.1, 0.15) is 5.82 Å². The summed E-state index contributed by atoms with van der Waals surface area (Å²) in [4.78, 5) is 0. The van der Waals surface area contributed by atoms with Crippen molar-refractivity contribution in [2.45, 2.75) is 0 Å². The minimum Gasteiger partial charge on any atom is -0.399 e. The highest BCUT2D eigenvalue weighted by atomic mass is 19.1. The van der Waals surface area contributed by atoms with Crippen molar-refractivity contribution < 1.29 is 4.39 Å². The van der Waals surface area contributed by atoms with Crippen LogP contribution in [-0.4, -0.2) is 10.2 Å². The first-order valence-electron chi connectivity index (χ1n) is 3.82. The van der Waals surface area contributed by atoms with Crippen molar-refractivity contribution in [3.05, 3.63) is 36.3 Å². The Kier molecular flexibility index (Phi) is 1.73. The number of nitrogen functional groups attached to an aromatic ring is 1. The molecule has 0 fully saturated rings. The van der Waals surface area contributed by atoms with Crippen molar-refractivity contribution in [3.8, 4) is 11.3 Å². The van der Waals surface area contributed by atoms with Crippen molar-refractivity contribution in [2.75, 3.05) is 5.73 Å². The number of anilines is 1. The summed E-state index contributed by atoms with van der Waals surface area (Å²) in [6.07, 6.45) is 1.57. The number of halogens is 1. The fourth-order valence-electron chi connectivity index (χ4n) is 1.16. The molecule has 2 rings (SSSR count). The zero-order valence-electron chi connectivity index (χ0n) is 6.79. The standard InChI is InChI=1S/C9H8FN3/c10-8-5-6(11)1-2-7(8)9-3-4-12-13-9/h1-5H,11H2,(H,12,13). The molecular formula is C9H8FN3. The summed E-state index contributed by atoms with van der Waals surface area (Å²) < 4.78 is 13.3. The second-order valence-electron chi connectivity index (χ2n) is 2.71. The van der Waals surface area contributed by atoms with Crippen LogP contribution in [0.1, 0.15) is 0 Å². The normalized spacial score (nSPS) is 10.2. The van der Waals surface area contributed by atoms with Gasteiger partial charge in [0, 0.05) is 17.4 Å². The molecule has 0 saturated heterocycles. The molecule has 0 saturated carbocycles. The molecule has 13 heavy (non-hydrogen) atoms. The summed E-state index contributed by atoms with van der Waals surface area (Å²) in [6, 6.07) is 6.27. The maximum absolute atomic E-state index is 13.3. The van der Waals surface area contributed by atoms with Crippen molar-refractivity contribution in [1.82, 2.24) is 10.2 Å². The molecule has 0 atom stereocenters. The van der Waals surface area contributed by atoms with Crippen LogP contribution in [0.15, 0.2) is 30.5 Å². The van der Waals surface area contributed by atoms with E-state index in [-0.39, 0.29) is 5.82 Å². The molecule has 3 nitrogen and oxygen atoms in total. The number of nitrogens with zero attached hydrogens (tertiary/aromatic N) is 1. The number of hydrogen-bond donors (Lipinski definition) is 2. The quantitative estimate of drug-likeness (QED) is 0.652. The van der Waals surface area contributed by atoms with Crippen LogP contribution in [0.2, 0.25) is 0 Å². The smallest absolute Gasteiger partial charge is 0.134 e. The minimum absolute atomic E-state index is 0.343. The third-order valence-corrected chi connectivity index (χ3v) is 1.78. The van der Waals surface area contributed by atoms with E-state index in [4.69, 9.17) is 5.73 Å². The van der Waals surface area contributed by atoms with Gasteiger partial charge in [0.05, 0.1) is 5.69 Å². The largest absolute Gasteiger partial charge is 0.399 e. The van der Waals surface area contributed by atoms with Gasteiger partial charge in [-0.25, -0.2) is 4.39 Å². The fourth-order valence-corrected chi connectivity index (χ4v) is 1.16. The van der Waals surface area contributed by atoms with E-state index in [2.05, 4.69) is 10.2 Å². The number of aromatic nitrogens is 2. The van der Waals surface area contributed by atoms with Gasteiger partial charge in [-0.2, -0.15) is 5.10 Å². The van der Waals surface area contributed by atoms with E-state index in [1.807, 2.05) is 0 Å². The molecule has 0 aliphatic rings. The van der Waals surface area contributed by atoms with Crippen LogP contribution < -0.4 is 5.73 Å². The number of benzene rings is 1. The molecule has 0 aliphatic heterocycles. The molecule has 1 heterocycles. The average Bonchev–Trinajstić information content (AvgIpc) is 2.56. The molecule has 0 amide bonds. The van der Waals surface area contributed by atoms with Crippen LogP contribution in [0.4, 0.5) is 10.1 Å². The van der Waals surface area contributed by atoms with E-state index >= 15 is 0 Å². The number of nitrogens with one attached hydrogen (secondary N) is 1. The summed E-state index contributed by atoms with van der Waals surface area (Å²) in [5, 5.41) is 6.42. The van der Waals surface area contributed by atoms with E-state index in [1.54, 1.807) is 24.4 Å². The van der Waals surface area contributed by atoms with Gasteiger partial charge in [-0.3, -0.25) is 5.10 Å². The second kappa shape index (κ2) is 2.90. The summed E-state index contributed by atoms with van der Waals surface area (Å²) in [5.74, 6) is -0.343. The van der Waals surface area contributed by atoms with E-state index in [1.165, 1.54) is 6.07 Å². The molecule has 0 bridgehead atoms. The van der Waals surface area contributed by atoms with Gasteiger partial charge in [0.15, 0.2) is 0 Å². The minimum atomic E-state index is -0.343. The number of hydrogen-bond acceptors (Lipinski definition) is 2. The third kappa shape index (κ3) is 1.38. The van der Waals surface area contributed by atoms with Gasteiger partial charge in [-0.05, 0) is 24.3 Å². The summed E-state index contributed by atoms with van der Waals surface area (Å²) in [6.45, 7) is 0. The predicted octanol–water partition coefficient (Wildman–Crippen LogP) is 1.80. The van der Waals surface area contributed by atoms with Crippen molar-refractivity contribution in [2.24, 2.45) is 0 Å². The zero-order valence-corrected chi connectivity index (χ0v) is 6.79. The first-order chi connectivity index (χ1) is 6.27. The molecular weight excluding hydrogens is 169 g/mol. The number of H-pyrrole nitrogens is 1. The number of rotatable bonds is 1. The molecule has 66 valence electrons. The van der Waals surface area contributed by atoms with Gasteiger partial charge < -0.3 is 5.73 Å². The zero-order chi connectivity index (χ0) is 9.26. The Bertz CT molecular complexity index is 409. The lowest BCUT2D eigenvalue weighted by Gasteiger charge is -2.00. The molecule has 0 aliphatic carbocycles. The molecule has 0 spiro atoms. The van der Waals surface area contributed by atoms with Gasteiger partial charge in [-0.1, -0.05) is 0 Å². The summed E-state index contributed by atoms with van der Waals surface area (Å²) >= 11 is 0. The van der Waals surface area contributed by atoms with Crippen molar-refractivity contribution in [1.29, 1.82) is 0 Å². The van der Waals surface area contributed by atoms with Gasteiger partial charge in [-0.15, -0.1) is 0 Å². The third-order valence-electron chi connectivity index (χ3n) is 1.78. The van der Waals surface area contributed by atoms with Crippen LogP contribution >= 0.6 is 0 Å². The van der Waals surface area contributed by atoms with Gasteiger partial charge in [0.2, 0.25) is 0 Å². The summed E-state index contributed by atoms with van der Waals surface area (Å²) in [5.41, 5.74) is 6.96. The predicted molar refractivity (Wildman–Crippen MR) is 48.4 cm³/mol. The summed E-state index contributed by atoms with van der Waals surface area (Å²) in [7, 11) is 0. The van der Waals surface area contributed by atoms with Gasteiger partial charge in [0.25, 0.3) is 0 Å². The van der Waals surface area contributed by atoms with E-state index in [0.29, 0.717) is 16.9 Å². The fraction of sp³-hybridized carbons (Fsp3) is 0. The number of nitrogens with two attached hydrogens (primary N) is 1. The highest BCUT2D eigenvalue weighted by Crippen LogP contribution is 2.21. The van der Waals surface area contributed by atoms with Crippen LogP contribution in [0.5, 0.6) is 0 Å². The van der Waals surface area contributed by atoms with Crippen LogP contribution in [0.3, 0.4) is 0 Å². The Morgan fingerprint density at radius 3 is 2.77 bits per heavy atom. The molecule has 1 aromatic carbocycles. The SMILES string of the molecule is Nc1ccc(-c2ccn[nH]2)c(F)c1. The second-order valence-corrected chi connectivity index (χ2v) is 2.71. The first-order valence-corrected chi connectivity index (χ1v) is 3.82. The number of aromatic amines is 1. The lowest BCUT2D eigenvalue weighted by atomic mass is 10.1. The molecule has 0 unspecified atom stereocenters. The monoisotopic (exact) mass is 177 g/mol. The Morgan fingerprint density at radius 2 is 2.15 bits per heavy atom. The Morgan fingerprint density at radius 1 is 1.31 bits per heavy atom. The molecule has 2 aromatic rings. The Balaban J connectivity index is 2.53. The maximum atomic E-state index is 13.3.